The molecule has 0 fully saturated rings. The minimum atomic E-state index is -4.63. The Labute approximate surface area is 202 Å². The SMILES string of the molecule is Nc1c(N(Cc2ccccc2)C(=O)c2ccc(C(F)(F)F)cn2)c(=O)[nH]c(=O)n1Cc1ccccc1. The zero-order valence-corrected chi connectivity index (χ0v) is 18.7. The Kier molecular flexibility index (Phi) is 6.73. The number of nitrogen functional groups attached to an aromatic ring is 1. The molecule has 0 aliphatic rings. The molecule has 0 unspecified atom stereocenters. The van der Waals surface area contributed by atoms with Crippen molar-refractivity contribution in [3.05, 3.63) is 122 Å². The number of pyridine rings is 1. The van der Waals surface area contributed by atoms with Gasteiger partial charge in [0.15, 0.2) is 5.69 Å². The van der Waals surface area contributed by atoms with Gasteiger partial charge in [-0.05, 0) is 23.3 Å². The number of carbonyl (C=O) groups excluding carboxylic acids is 1. The summed E-state index contributed by atoms with van der Waals surface area (Å²) in [7, 11) is 0. The fourth-order valence-electron chi connectivity index (χ4n) is 3.61. The first-order valence-corrected chi connectivity index (χ1v) is 10.7. The number of nitrogens with two attached hydrogens (primary N) is 1. The number of carbonyl (C=O) groups is 1. The molecule has 2 aromatic heterocycles. The lowest BCUT2D eigenvalue weighted by Crippen LogP contribution is -2.41. The molecule has 0 aliphatic carbocycles. The van der Waals surface area contributed by atoms with E-state index in [-0.39, 0.29) is 30.3 Å². The highest BCUT2D eigenvalue weighted by molar-refractivity contribution is 6.05. The standard InChI is InChI=1S/C25H20F3N5O3/c26-25(27,28)18-11-12-19(30-13-18)23(35)32(14-16-7-3-1-4-8-16)20-21(29)33(24(36)31-22(20)34)15-17-9-5-2-6-10-17/h1-13H,14-15,29H2,(H,31,34,36). The van der Waals surface area contributed by atoms with Crippen LogP contribution >= 0.6 is 0 Å². The van der Waals surface area contributed by atoms with E-state index in [9.17, 15) is 27.6 Å². The molecule has 0 saturated heterocycles. The number of hydrogen-bond donors (Lipinski definition) is 2. The van der Waals surface area contributed by atoms with Gasteiger partial charge in [-0.15, -0.1) is 0 Å². The second kappa shape index (κ2) is 9.90. The van der Waals surface area contributed by atoms with Gasteiger partial charge in [0.2, 0.25) is 0 Å². The van der Waals surface area contributed by atoms with Crippen LogP contribution in [0.1, 0.15) is 27.2 Å². The third-order valence-electron chi connectivity index (χ3n) is 5.41. The summed E-state index contributed by atoms with van der Waals surface area (Å²) >= 11 is 0. The van der Waals surface area contributed by atoms with Crippen LogP contribution < -0.4 is 21.9 Å². The number of alkyl halides is 3. The summed E-state index contributed by atoms with van der Waals surface area (Å²) in [6.45, 7) is -0.139. The van der Waals surface area contributed by atoms with Gasteiger partial charge in [-0.2, -0.15) is 13.2 Å². The van der Waals surface area contributed by atoms with E-state index in [2.05, 4.69) is 9.97 Å². The lowest BCUT2D eigenvalue weighted by molar-refractivity contribution is -0.137. The molecule has 2 heterocycles. The van der Waals surface area contributed by atoms with Crippen LogP contribution in [0.3, 0.4) is 0 Å². The van der Waals surface area contributed by atoms with Gasteiger partial charge in [0.05, 0.1) is 18.7 Å². The molecular formula is C25H20F3N5O3. The number of anilines is 2. The maximum Gasteiger partial charge on any atom is 0.417 e. The number of nitrogens with one attached hydrogen (secondary N) is 1. The molecule has 11 heteroatoms. The minimum Gasteiger partial charge on any atom is -0.383 e. The average molecular weight is 495 g/mol. The summed E-state index contributed by atoms with van der Waals surface area (Å²) in [5.41, 5.74) is 4.22. The molecule has 8 nitrogen and oxygen atoms in total. The number of H-pyrrole nitrogens is 1. The molecule has 0 saturated carbocycles. The van der Waals surface area contributed by atoms with Crippen LogP contribution in [-0.2, 0) is 19.3 Å². The van der Waals surface area contributed by atoms with Gasteiger partial charge < -0.3 is 5.73 Å². The number of rotatable bonds is 6. The third-order valence-corrected chi connectivity index (χ3v) is 5.41. The molecule has 184 valence electrons. The fourth-order valence-corrected chi connectivity index (χ4v) is 3.61. The largest absolute Gasteiger partial charge is 0.417 e. The van der Waals surface area contributed by atoms with Crippen LogP contribution in [0.4, 0.5) is 24.7 Å². The smallest absolute Gasteiger partial charge is 0.383 e. The van der Waals surface area contributed by atoms with E-state index in [0.717, 1.165) is 27.2 Å². The minimum absolute atomic E-state index is 0.0151. The van der Waals surface area contributed by atoms with E-state index in [4.69, 9.17) is 5.73 Å². The first-order chi connectivity index (χ1) is 17.1. The Balaban J connectivity index is 1.82. The summed E-state index contributed by atoms with van der Waals surface area (Å²) in [6.07, 6.45) is -4.09. The molecule has 0 bridgehead atoms. The van der Waals surface area contributed by atoms with Crippen molar-refractivity contribution in [2.24, 2.45) is 0 Å². The van der Waals surface area contributed by atoms with E-state index in [1.54, 1.807) is 60.7 Å². The highest BCUT2D eigenvalue weighted by Crippen LogP contribution is 2.29. The molecule has 2 aromatic carbocycles. The maximum atomic E-state index is 13.5. The first-order valence-electron chi connectivity index (χ1n) is 10.7. The predicted octanol–water partition coefficient (Wildman–Crippen LogP) is 3.43. The summed E-state index contributed by atoms with van der Waals surface area (Å²) < 4.78 is 40.0. The Morgan fingerprint density at radius 1 is 0.944 bits per heavy atom. The van der Waals surface area contributed by atoms with Gasteiger partial charge in [-0.1, -0.05) is 60.7 Å². The normalized spacial score (nSPS) is 11.3. The summed E-state index contributed by atoms with van der Waals surface area (Å²) in [5, 5.41) is 0. The third kappa shape index (κ3) is 5.19. The number of halogens is 3. The van der Waals surface area contributed by atoms with Gasteiger partial charge in [0.25, 0.3) is 11.5 Å². The lowest BCUT2D eigenvalue weighted by atomic mass is 10.1. The van der Waals surface area contributed by atoms with Crippen molar-refractivity contribution < 1.29 is 18.0 Å². The van der Waals surface area contributed by atoms with E-state index in [1.807, 2.05) is 0 Å². The van der Waals surface area contributed by atoms with Crippen LogP contribution in [0.25, 0.3) is 0 Å². The fraction of sp³-hybridized carbons (Fsp3) is 0.120. The molecule has 4 rings (SSSR count). The topological polar surface area (TPSA) is 114 Å². The van der Waals surface area contributed by atoms with E-state index >= 15 is 0 Å². The Hall–Kier alpha value is -4.67. The summed E-state index contributed by atoms with van der Waals surface area (Å²) in [4.78, 5) is 45.8. The van der Waals surface area contributed by atoms with E-state index in [1.165, 1.54) is 0 Å². The number of benzene rings is 2. The number of aromatic amines is 1. The zero-order chi connectivity index (χ0) is 25.9. The highest BCUT2D eigenvalue weighted by Gasteiger charge is 2.32. The van der Waals surface area contributed by atoms with Gasteiger partial charge in [0.1, 0.15) is 11.5 Å². The van der Waals surface area contributed by atoms with E-state index in [0.29, 0.717) is 11.8 Å². The van der Waals surface area contributed by atoms with Crippen LogP contribution in [-0.4, -0.2) is 20.4 Å². The van der Waals surface area contributed by atoms with Gasteiger partial charge in [-0.25, -0.2) is 4.79 Å². The summed E-state index contributed by atoms with van der Waals surface area (Å²) in [5.74, 6) is -1.14. The quantitative estimate of drug-likeness (QED) is 0.426. The maximum absolute atomic E-state index is 13.5. The van der Waals surface area contributed by atoms with Gasteiger partial charge in [-0.3, -0.25) is 29.0 Å². The van der Waals surface area contributed by atoms with Crippen molar-refractivity contribution in [3.8, 4) is 0 Å². The zero-order valence-electron chi connectivity index (χ0n) is 18.7. The molecule has 0 aliphatic heterocycles. The number of nitrogens with zero attached hydrogens (tertiary/aromatic N) is 3. The van der Waals surface area contributed by atoms with Crippen molar-refractivity contribution >= 4 is 17.4 Å². The van der Waals surface area contributed by atoms with E-state index < -0.39 is 28.9 Å². The molecule has 4 aromatic rings. The second-order valence-electron chi connectivity index (χ2n) is 7.87. The Morgan fingerprint density at radius 2 is 1.56 bits per heavy atom. The van der Waals surface area contributed by atoms with Crippen LogP contribution in [0.2, 0.25) is 0 Å². The number of hydrogen-bond acceptors (Lipinski definition) is 5. The molecular weight excluding hydrogens is 475 g/mol. The second-order valence-corrected chi connectivity index (χ2v) is 7.87. The average Bonchev–Trinajstić information content (AvgIpc) is 2.86. The molecule has 0 spiro atoms. The Morgan fingerprint density at radius 3 is 2.11 bits per heavy atom. The van der Waals surface area contributed by atoms with Crippen molar-refractivity contribution in [2.45, 2.75) is 19.3 Å². The monoisotopic (exact) mass is 495 g/mol. The molecule has 3 N–H and O–H groups in total. The van der Waals surface area contributed by atoms with Crippen molar-refractivity contribution in [1.82, 2.24) is 14.5 Å². The Bertz CT molecular complexity index is 1480. The summed E-state index contributed by atoms with van der Waals surface area (Å²) in [6, 6.07) is 19.1. The first kappa shape index (κ1) is 24.5. The lowest BCUT2D eigenvalue weighted by Gasteiger charge is -2.24. The number of amides is 1. The molecule has 0 atom stereocenters. The van der Waals surface area contributed by atoms with Crippen molar-refractivity contribution in [2.75, 3.05) is 10.6 Å². The van der Waals surface area contributed by atoms with Crippen LogP contribution in [0.15, 0.2) is 88.6 Å². The van der Waals surface area contributed by atoms with Crippen molar-refractivity contribution in [1.29, 1.82) is 0 Å². The van der Waals surface area contributed by atoms with Crippen LogP contribution in [0, 0.1) is 0 Å². The van der Waals surface area contributed by atoms with Gasteiger partial charge in [0, 0.05) is 6.20 Å². The highest BCUT2D eigenvalue weighted by atomic mass is 19.4. The van der Waals surface area contributed by atoms with Crippen molar-refractivity contribution in [3.63, 3.8) is 0 Å². The molecule has 1 amide bonds. The number of aromatic nitrogens is 3. The van der Waals surface area contributed by atoms with Gasteiger partial charge >= 0.3 is 11.9 Å². The molecule has 0 radical (unpaired) electrons. The molecule has 36 heavy (non-hydrogen) atoms. The van der Waals surface area contributed by atoms with Crippen LogP contribution in [0.5, 0.6) is 0 Å². The predicted molar refractivity (Wildman–Crippen MR) is 127 cm³/mol.